The van der Waals surface area contributed by atoms with Gasteiger partial charge in [-0.1, -0.05) is 13.8 Å². The average Bonchev–Trinajstić information content (AvgIpc) is 3.10. The number of fused-ring (bicyclic) bond motifs is 5. The highest BCUT2D eigenvalue weighted by atomic mass is 16.5. The van der Waals surface area contributed by atoms with E-state index in [4.69, 9.17) is 10.5 Å². The van der Waals surface area contributed by atoms with Gasteiger partial charge in [-0.3, -0.25) is 4.79 Å². The van der Waals surface area contributed by atoms with E-state index in [0.717, 1.165) is 57.8 Å². The normalized spacial score (nSPS) is 57.3. The van der Waals surface area contributed by atoms with E-state index in [-0.39, 0.29) is 34.1 Å². The van der Waals surface area contributed by atoms with Crippen LogP contribution in [0.4, 0.5) is 0 Å². The van der Waals surface area contributed by atoms with Crippen LogP contribution >= 0.6 is 0 Å². The number of nitrogens with two attached hydrogens (primary N) is 1. The summed E-state index contributed by atoms with van der Waals surface area (Å²) in [6.45, 7) is 6.53. The maximum absolute atomic E-state index is 12.7. The van der Waals surface area contributed by atoms with Crippen molar-refractivity contribution in [3.05, 3.63) is 0 Å². The lowest BCUT2D eigenvalue weighted by molar-refractivity contribution is -0.238. The summed E-state index contributed by atoms with van der Waals surface area (Å²) in [6.07, 6.45) is 5.10. The van der Waals surface area contributed by atoms with E-state index in [1.165, 1.54) is 0 Å². The minimum absolute atomic E-state index is 0.0124. The lowest BCUT2D eigenvalue weighted by Gasteiger charge is -2.64. The van der Waals surface area contributed by atoms with Gasteiger partial charge in [-0.05, 0) is 99.2 Å². The molecule has 4 aliphatic carbocycles. The zero-order valence-corrected chi connectivity index (χ0v) is 21.4. The van der Waals surface area contributed by atoms with Crippen LogP contribution in [-0.4, -0.2) is 64.3 Å². The quantitative estimate of drug-likeness (QED) is 0.413. The molecule has 7 nitrogen and oxygen atoms in total. The summed E-state index contributed by atoms with van der Waals surface area (Å²) in [5, 5.41) is 34.0. The van der Waals surface area contributed by atoms with Gasteiger partial charge < -0.3 is 31.1 Å². The molecule has 0 unspecified atom stereocenters. The van der Waals surface area contributed by atoms with Gasteiger partial charge in [0.25, 0.3) is 0 Å². The van der Waals surface area contributed by atoms with Gasteiger partial charge in [0, 0.05) is 18.5 Å². The van der Waals surface area contributed by atoms with E-state index in [1.807, 2.05) is 0 Å². The summed E-state index contributed by atoms with van der Waals surface area (Å²) in [4.78, 5) is 12.7. The Hall–Kier alpha value is -0.730. The zero-order valence-electron chi connectivity index (χ0n) is 21.4. The molecule has 0 bridgehead atoms. The Morgan fingerprint density at radius 1 is 0.941 bits per heavy atom. The fraction of sp³-hybridized carbons (Fsp3) is 0.963. The van der Waals surface area contributed by atoms with E-state index < -0.39 is 30.5 Å². The third-order valence-corrected chi connectivity index (χ3v) is 12.0. The highest BCUT2D eigenvalue weighted by molar-refractivity contribution is 5.80. The number of carbonyl (C=O) groups excluding carboxylic acids is 1. The molecule has 194 valence electrons. The average molecular weight is 479 g/mol. The molecule has 1 aliphatic heterocycles. The number of nitrogens with one attached hydrogen (secondary N) is 1. The van der Waals surface area contributed by atoms with E-state index in [9.17, 15) is 20.1 Å². The third kappa shape index (κ3) is 3.29. The van der Waals surface area contributed by atoms with Gasteiger partial charge in [0.15, 0.2) is 0 Å². The number of ether oxygens (including phenoxy) is 1. The van der Waals surface area contributed by atoms with Gasteiger partial charge in [-0.15, -0.1) is 0 Å². The molecule has 5 fully saturated rings. The van der Waals surface area contributed by atoms with Crippen molar-refractivity contribution in [1.29, 1.82) is 0 Å². The topological polar surface area (TPSA) is 125 Å². The lowest BCUT2D eigenvalue weighted by atomic mass is 9.42. The van der Waals surface area contributed by atoms with Crippen LogP contribution in [0.15, 0.2) is 0 Å². The first-order chi connectivity index (χ1) is 16.0. The number of hydrogen-bond acceptors (Lipinski definition) is 6. The predicted molar refractivity (Wildman–Crippen MR) is 129 cm³/mol. The molecular formula is C27H46N2O5. The molecule has 5 aliphatic rings. The second-order valence-corrected chi connectivity index (χ2v) is 13.0. The van der Waals surface area contributed by atoms with Crippen molar-refractivity contribution in [3.8, 4) is 0 Å². The molecule has 6 N–H and O–H groups in total. The molecule has 13 atom stereocenters. The highest BCUT2D eigenvalue weighted by Gasteiger charge is 2.67. The lowest BCUT2D eigenvalue weighted by Crippen LogP contribution is -2.67. The van der Waals surface area contributed by atoms with Gasteiger partial charge in [-0.25, -0.2) is 0 Å². The summed E-state index contributed by atoms with van der Waals surface area (Å²) >= 11 is 0. The first-order valence-electron chi connectivity index (χ1n) is 13.7. The molecule has 1 heterocycles. The van der Waals surface area contributed by atoms with Crippen molar-refractivity contribution < 1.29 is 24.9 Å². The molecule has 0 spiro atoms. The number of carbonyl (C=O) groups is 1. The van der Waals surface area contributed by atoms with Crippen LogP contribution < -0.4 is 11.1 Å². The predicted octanol–water partition coefficient (Wildman–Crippen LogP) is 1.96. The van der Waals surface area contributed by atoms with Gasteiger partial charge in [0.05, 0.1) is 12.2 Å². The first-order valence-corrected chi connectivity index (χ1v) is 13.7. The Kier molecular flexibility index (Phi) is 6.17. The molecular weight excluding hydrogens is 432 g/mol. The molecule has 0 radical (unpaired) electrons. The van der Waals surface area contributed by atoms with E-state index >= 15 is 0 Å². The van der Waals surface area contributed by atoms with Crippen molar-refractivity contribution in [2.75, 3.05) is 7.05 Å². The van der Waals surface area contributed by atoms with Crippen molar-refractivity contribution >= 4 is 5.91 Å². The standard InChI is InChI=1S/C27H46N2O5/c1-14-20(30)21(31)22(32)23(34-14)15-7-10-25(2)16(13-15)5-6-18-17(25)8-11-26(3)19(24(33)29-4)9-12-27(18,26)28/h14-23,30-32H,5-13,28H2,1-4H3,(H,29,33)/t14-,15-,16+,17-,18+,19+,20-,21+,22+,23+,25-,26+,27+/m0/s1. The molecule has 0 aromatic carbocycles. The maximum Gasteiger partial charge on any atom is 0.223 e. The van der Waals surface area contributed by atoms with Crippen molar-refractivity contribution in [2.24, 2.45) is 46.2 Å². The van der Waals surface area contributed by atoms with Crippen LogP contribution in [0.1, 0.15) is 78.6 Å². The molecule has 4 saturated carbocycles. The van der Waals surface area contributed by atoms with E-state index in [1.54, 1.807) is 14.0 Å². The van der Waals surface area contributed by atoms with Crippen LogP contribution in [0.5, 0.6) is 0 Å². The van der Waals surface area contributed by atoms with E-state index in [2.05, 4.69) is 19.2 Å². The van der Waals surface area contributed by atoms with Crippen molar-refractivity contribution in [2.45, 2.75) is 115 Å². The molecule has 34 heavy (non-hydrogen) atoms. The Bertz CT molecular complexity index is 810. The smallest absolute Gasteiger partial charge is 0.223 e. The number of rotatable bonds is 2. The first kappa shape index (κ1) is 24.9. The largest absolute Gasteiger partial charge is 0.388 e. The SMILES string of the molecule is CNC(=O)[C@H]1CC[C@@]2(N)[C@@H]3CC[C@@H]4C[C@@H]([C@H]5O[C@@H](C)[C@H](O)[C@@H](O)[C@H]5O)CC[C@]4(C)[C@H]3CC[C@]12C. The molecule has 5 rings (SSSR count). The number of amides is 1. The minimum atomic E-state index is -1.15. The summed E-state index contributed by atoms with van der Waals surface area (Å²) in [5.74, 6) is 1.93. The van der Waals surface area contributed by atoms with Crippen LogP contribution in [-0.2, 0) is 9.53 Å². The summed E-state index contributed by atoms with van der Waals surface area (Å²) in [5.41, 5.74) is 7.13. The fourth-order valence-corrected chi connectivity index (χ4v) is 9.73. The summed E-state index contributed by atoms with van der Waals surface area (Å²) in [6, 6.07) is 0. The summed E-state index contributed by atoms with van der Waals surface area (Å²) in [7, 11) is 1.74. The van der Waals surface area contributed by atoms with Gasteiger partial charge in [0.1, 0.15) is 18.3 Å². The van der Waals surface area contributed by atoms with Crippen LogP contribution in [0.25, 0.3) is 0 Å². The molecule has 1 saturated heterocycles. The van der Waals surface area contributed by atoms with Gasteiger partial charge in [0.2, 0.25) is 5.91 Å². The van der Waals surface area contributed by atoms with Crippen molar-refractivity contribution in [1.82, 2.24) is 5.32 Å². The van der Waals surface area contributed by atoms with Gasteiger partial charge >= 0.3 is 0 Å². The second-order valence-electron chi connectivity index (χ2n) is 13.0. The fourth-order valence-electron chi connectivity index (χ4n) is 9.73. The zero-order chi connectivity index (χ0) is 24.6. The number of aliphatic hydroxyl groups is 3. The summed E-state index contributed by atoms with van der Waals surface area (Å²) < 4.78 is 6.05. The van der Waals surface area contributed by atoms with E-state index in [0.29, 0.717) is 17.8 Å². The Labute approximate surface area is 204 Å². The Morgan fingerprint density at radius 2 is 1.68 bits per heavy atom. The van der Waals surface area contributed by atoms with Crippen LogP contribution in [0, 0.1) is 40.4 Å². The maximum atomic E-state index is 12.7. The molecule has 7 heteroatoms. The molecule has 1 amide bonds. The van der Waals surface area contributed by atoms with Crippen molar-refractivity contribution in [3.63, 3.8) is 0 Å². The van der Waals surface area contributed by atoms with Crippen LogP contribution in [0.2, 0.25) is 0 Å². The Balaban J connectivity index is 1.34. The Morgan fingerprint density at radius 3 is 2.38 bits per heavy atom. The van der Waals surface area contributed by atoms with Crippen LogP contribution in [0.3, 0.4) is 0 Å². The third-order valence-electron chi connectivity index (χ3n) is 12.0. The second kappa shape index (κ2) is 8.41. The monoisotopic (exact) mass is 478 g/mol. The minimum Gasteiger partial charge on any atom is -0.388 e. The van der Waals surface area contributed by atoms with Gasteiger partial charge in [-0.2, -0.15) is 0 Å². The number of hydrogen-bond donors (Lipinski definition) is 5. The number of aliphatic hydroxyl groups excluding tert-OH is 3. The highest BCUT2D eigenvalue weighted by Crippen LogP contribution is 2.68. The molecule has 0 aromatic heterocycles. The molecule has 0 aromatic rings.